The number of carbonyl (C=O) groups is 1. The van der Waals surface area contributed by atoms with Gasteiger partial charge in [-0.2, -0.15) is 0 Å². The third-order valence-electron chi connectivity index (χ3n) is 4.31. The summed E-state index contributed by atoms with van der Waals surface area (Å²) in [4.78, 5) is 14.6. The Morgan fingerprint density at radius 2 is 2.18 bits per heavy atom. The molecule has 4 heteroatoms. The molecule has 2 saturated heterocycles. The molecule has 2 aliphatic rings. The molecule has 17 heavy (non-hydrogen) atoms. The average Bonchev–Trinajstić information content (AvgIpc) is 2.52. The first-order valence-corrected chi connectivity index (χ1v) is 6.67. The van der Waals surface area contributed by atoms with E-state index in [1.54, 1.807) is 0 Å². The number of ether oxygens (including phenoxy) is 1. The van der Waals surface area contributed by atoms with Gasteiger partial charge in [-0.15, -0.1) is 0 Å². The van der Waals surface area contributed by atoms with Crippen LogP contribution in [0.3, 0.4) is 0 Å². The van der Waals surface area contributed by atoms with Crippen molar-refractivity contribution in [1.29, 1.82) is 0 Å². The van der Waals surface area contributed by atoms with Crippen LogP contribution in [0, 0.1) is 11.3 Å². The molecule has 2 aliphatic heterocycles. The van der Waals surface area contributed by atoms with E-state index in [0.29, 0.717) is 13.2 Å². The van der Waals surface area contributed by atoms with Crippen LogP contribution in [0.25, 0.3) is 0 Å². The van der Waals surface area contributed by atoms with E-state index >= 15 is 0 Å². The molecule has 0 aliphatic carbocycles. The van der Waals surface area contributed by atoms with Crippen LogP contribution in [-0.2, 0) is 9.53 Å². The van der Waals surface area contributed by atoms with Crippen LogP contribution in [0.15, 0.2) is 0 Å². The van der Waals surface area contributed by atoms with Crippen LogP contribution in [-0.4, -0.2) is 43.2 Å². The zero-order chi connectivity index (χ0) is 12.5. The van der Waals surface area contributed by atoms with Crippen LogP contribution >= 0.6 is 0 Å². The Hall–Kier alpha value is -0.610. The van der Waals surface area contributed by atoms with Crippen molar-refractivity contribution in [2.24, 2.45) is 17.1 Å². The summed E-state index contributed by atoms with van der Waals surface area (Å²) in [5.41, 5.74) is 5.51. The number of hydrogen-bond donors (Lipinski definition) is 1. The Morgan fingerprint density at radius 1 is 1.41 bits per heavy atom. The maximum atomic E-state index is 12.6. The van der Waals surface area contributed by atoms with Gasteiger partial charge in [0.2, 0.25) is 5.91 Å². The first-order valence-electron chi connectivity index (χ1n) is 6.67. The summed E-state index contributed by atoms with van der Waals surface area (Å²) in [6.45, 7) is 6.95. The standard InChI is InChI=1S/C13H24N2O2/c1-10-4-3-6-15(7-5-10)12(16)13(2)9-17-8-11(13)14/h10-11H,3-9,14H2,1-2H3. The van der Waals surface area contributed by atoms with E-state index in [1.807, 2.05) is 11.8 Å². The van der Waals surface area contributed by atoms with Crippen molar-refractivity contribution in [3.8, 4) is 0 Å². The summed E-state index contributed by atoms with van der Waals surface area (Å²) in [5.74, 6) is 0.922. The van der Waals surface area contributed by atoms with E-state index in [1.165, 1.54) is 6.42 Å². The van der Waals surface area contributed by atoms with Crippen molar-refractivity contribution >= 4 is 5.91 Å². The fraction of sp³-hybridized carbons (Fsp3) is 0.923. The molecule has 4 nitrogen and oxygen atoms in total. The number of amides is 1. The summed E-state index contributed by atoms with van der Waals surface area (Å²) in [6, 6.07) is -0.157. The molecule has 2 heterocycles. The third kappa shape index (κ3) is 2.47. The Labute approximate surface area is 103 Å². The van der Waals surface area contributed by atoms with Crippen LogP contribution in [0.1, 0.15) is 33.1 Å². The van der Waals surface area contributed by atoms with Gasteiger partial charge in [-0.1, -0.05) is 6.92 Å². The normalized spacial score (nSPS) is 39.1. The van der Waals surface area contributed by atoms with E-state index in [9.17, 15) is 4.79 Å². The molecule has 3 unspecified atom stereocenters. The Kier molecular flexibility index (Phi) is 3.73. The second kappa shape index (κ2) is 4.94. The number of carbonyl (C=O) groups excluding carboxylic acids is 1. The fourth-order valence-corrected chi connectivity index (χ4v) is 2.74. The molecule has 0 saturated carbocycles. The van der Waals surface area contributed by atoms with Gasteiger partial charge < -0.3 is 15.4 Å². The SMILES string of the molecule is CC1CCCN(C(=O)C2(C)COCC2N)CC1. The minimum absolute atomic E-state index is 0.157. The van der Waals surface area contributed by atoms with E-state index in [4.69, 9.17) is 10.5 Å². The quantitative estimate of drug-likeness (QED) is 0.744. The van der Waals surface area contributed by atoms with Crippen molar-refractivity contribution in [3.05, 3.63) is 0 Å². The van der Waals surface area contributed by atoms with Gasteiger partial charge >= 0.3 is 0 Å². The Balaban J connectivity index is 2.03. The lowest BCUT2D eigenvalue weighted by Gasteiger charge is -2.32. The van der Waals surface area contributed by atoms with Gasteiger partial charge in [0, 0.05) is 19.1 Å². The summed E-state index contributed by atoms with van der Waals surface area (Å²) >= 11 is 0. The van der Waals surface area contributed by atoms with Crippen molar-refractivity contribution in [2.75, 3.05) is 26.3 Å². The molecule has 0 aromatic rings. The maximum absolute atomic E-state index is 12.6. The third-order valence-corrected chi connectivity index (χ3v) is 4.31. The molecule has 0 radical (unpaired) electrons. The number of nitrogens with zero attached hydrogens (tertiary/aromatic N) is 1. The van der Waals surface area contributed by atoms with Crippen molar-refractivity contribution in [3.63, 3.8) is 0 Å². The second-order valence-electron chi connectivity index (χ2n) is 5.87. The van der Waals surface area contributed by atoms with Crippen LogP contribution in [0.4, 0.5) is 0 Å². The highest BCUT2D eigenvalue weighted by Crippen LogP contribution is 2.30. The van der Waals surface area contributed by atoms with Gasteiger partial charge in [-0.25, -0.2) is 0 Å². The lowest BCUT2D eigenvalue weighted by Crippen LogP contribution is -2.51. The zero-order valence-corrected chi connectivity index (χ0v) is 10.9. The first-order chi connectivity index (χ1) is 8.04. The predicted octanol–water partition coefficient (Wildman–Crippen LogP) is 0.999. The molecule has 2 fully saturated rings. The molecular weight excluding hydrogens is 216 g/mol. The van der Waals surface area contributed by atoms with Gasteiger partial charge in [0.15, 0.2) is 0 Å². The zero-order valence-electron chi connectivity index (χ0n) is 10.9. The molecule has 1 amide bonds. The molecule has 3 atom stereocenters. The Morgan fingerprint density at radius 3 is 2.82 bits per heavy atom. The van der Waals surface area contributed by atoms with Crippen LogP contribution in [0.2, 0.25) is 0 Å². The molecule has 0 bridgehead atoms. The smallest absolute Gasteiger partial charge is 0.232 e. The molecule has 98 valence electrons. The maximum Gasteiger partial charge on any atom is 0.232 e. The van der Waals surface area contributed by atoms with Crippen LogP contribution < -0.4 is 5.73 Å². The average molecular weight is 240 g/mol. The molecule has 2 rings (SSSR count). The first kappa shape index (κ1) is 12.8. The summed E-state index contributed by atoms with van der Waals surface area (Å²) < 4.78 is 5.36. The molecular formula is C13H24N2O2. The fourth-order valence-electron chi connectivity index (χ4n) is 2.74. The molecule has 0 aromatic carbocycles. The number of rotatable bonds is 1. The van der Waals surface area contributed by atoms with Crippen molar-refractivity contribution < 1.29 is 9.53 Å². The largest absolute Gasteiger partial charge is 0.379 e. The number of hydrogen-bond acceptors (Lipinski definition) is 3. The summed E-state index contributed by atoms with van der Waals surface area (Å²) in [6.07, 6.45) is 3.44. The summed E-state index contributed by atoms with van der Waals surface area (Å²) in [7, 11) is 0. The minimum atomic E-state index is -0.506. The van der Waals surface area contributed by atoms with Gasteiger partial charge in [0.05, 0.1) is 18.6 Å². The van der Waals surface area contributed by atoms with E-state index < -0.39 is 5.41 Å². The van der Waals surface area contributed by atoms with E-state index in [0.717, 1.165) is 31.8 Å². The van der Waals surface area contributed by atoms with Gasteiger partial charge in [-0.05, 0) is 32.1 Å². The lowest BCUT2D eigenvalue weighted by atomic mass is 9.84. The highest BCUT2D eigenvalue weighted by Gasteiger charge is 2.46. The van der Waals surface area contributed by atoms with Gasteiger partial charge in [-0.3, -0.25) is 4.79 Å². The molecule has 2 N–H and O–H groups in total. The van der Waals surface area contributed by atoms with Crippen molar-refractivity contribution in [1.82, 2.24) is 4.90 Å². The van der Waals surface area contributed by atoms with E-state index in [2.05, 4.69) is 6.92 Å². The van der Waals surface area contributed by atoms with Gasteiger partial charge in [0.25, 0.3) is 0 Å². The highest BCUT2D eigenvalue weighted by atomic mass is 16.5. The second-order valence-corrected chi connectivity index (χ2v) is 5.87. The monoisotopic (exact) mass is 240 g/mol. The van der Waals surface area contributed by atoms with E-state index in [-0.39, 0.29) is 11.9 Å². The minimum Gasteiger partial charge on any atom is -0.379 e. The van der Waals surface area contributed by atoms with Crippen molar-refractivity contribution in [2.45, 2.75) is 39.2 Å². The summed E-state index contributed by atoms with van der Waals surface area (Å²) in [5, 5.41) is 0. The highest BCUT2D eigenvalue weighted by molar-refractivity contribution is 5.83. The lowest BCUT2D eigenvalue weighted by molar-refractivity contribution is -0.141. The predicted molar refractivity (Wildman–Crippen MR) is 66.5 cm³/mol. The molecule has 0 aromatic heterocycles. The Bertz CT molecular complexity index is 295. The molecule has 0 spiro atoms. The number of likely N-dealkylation sites (tertiary alicyclic amines) is 1. The van der Waals surface area contributed by atoms with Crippen LogP contribution in [0.5, 0.6) is 0 Å². The topological polar surface area (TPSA) is 55.6 Å². The van der Waals surface area contributed by atoms with Gasteiger partial charge in [0.1, 0.15) is 0 Å². The number of nitrogens with two attached hydrogens (primary N) is 1.